The molecule has 1 saturated heterocycles. The van der Waals surface area contributed by atoms with E-state index in [1.54, 1.807) is 7.11 Å². The quantitative estimate of drug-likeness (QED) is 0.912. The van der Waals surface area contributed by atoms with Crippen LogP contribution in [0.4, 0.5) is 5.69 Å². The van der Waals surface area contributed by atoms with Gasteiger partial charge in [0.2, 0.25) is 0 Å². The van der Waals surface area contributed by atoms with E-state index in [-0.39, 0.29) is 5.60 Å². The average Bonchev–Trinajstić information content (AvgIpc) is 2.37. The first-order valence-electron chi connectivity index (χ1n) is 6.95. The fourth-order valence-electron chi connectivity index (χ4n) is 3.06. The van der Waals surface area contributed by atoms with Gasteiger partial charge < -0.3 is 14.8 Å². The lowest BCUT2D eigenvalue weighted by Crippen LogP contribution is -2.48. The number of ether oxygens (including phenoxy) is 2. The summed E-state index contributed by atoms with van der Waals surface area (Å²) < 4.78 is 12.2. The van der Waals surface area contributed by atoms with Crippen LogP contribution in [-0.2, 0) is 4.74 Å². The zero-order valence-electron chi connectivity index (χ0n) is 11.2. The highest BCUT2D eigenvalue weighted by atomic mass is 79.9. The molecule has 1 aromatic carbocycles. The number of halogens is 1. The molecular weight excluding hydrogens is 306 g/mol. The molecule has 1 atom stereocenters. The van der Waals surface area contributed by atoms with E-state index in [2.05, 4.69) is 33.4 Å². The van der Waals surface area contributed by atoms with Crippen LogP contribution in [0.25, 0.3) is 0 Å². The van der Waals surface area contributed by atoms with Crippen molar-refractivity contribution in [2.75, 3.05) is 19.0 Å². The van der Waals surface area contributed by atoms with Crippen LogP contribution in [0.1, 0.15) is 32.1 Å². The second-order valence-electron chi connectivity index (χ2n) is 5.57. The summed E-state index contributed by atoms with van der Waals surface area (Å²) in [6.07, 6.45) is 6.01. The molecule has 0 amide bonds. The molecule has 19 heavy (non-hydrogen) atoms. The van der Waals surface area contributed by atoms with Crippen molar-refractivity contribution in [2.45, 2.75) is 43.7 Å². The van der Waals surface area contributed by atoms with E-state index in [1.807, 2.05) is 6.07 Å². The molecule has 0 aromatic heterocycles. The summed E-state index contributed by atoms with van der Waals surface area (Å²) in [6.45, 7) is 0.884. The van der Waals surface area contributed by atoms with Crippen LogP contribution >= 0.6 is 15.9 Å². The summed E-state index contributed by atoms with van der Waals surface area (Å²) in [5, 5.41) is 3.63. The second kappa shape index (κ2) is 5.33. The summed E-state index contributed by atoms with van der Waals surface area (Å²) in [7, 11) is 1.69. The van der Waals surface area contributed by atoms with Crippen LogP contribution in [0.3, 0.4) is 0 Å². The molecule has 0 radical (unpaired) electrons. The maximum absolute atomic E-state index is 5.96. The van der Waals surface area contributed by atoms with Crippen molar-refractivity contribution in [2.24, 2.45) is 0 Å². The van der Waals surface area contributed by atoms with Crippen molar-refractivity contribution in [3.05, 3.63) is 22.7 Å². The van der Waals surface area contributed by atoms with Gasteiger partial charge >= 0.3 is 0 Å². The summed E-state index contributed by atoms with van der Waals surface area (Å²) in [5.41, 5.74) is 1.34. The van der Waals surface area contributed by atoms with Gasteiger partial charge in [0.15, 0.2) is 0 Å². The Balaban J connectivity index is 1.66. The molecule has 1 spiro atoms. The maximum atomic E-state index is 5.96. The molecule has 1 aliphatic heterocycles. The predicted octanol–water partition coefficient (Wildman–Crippen LogP) is 3.97. The molecule has 3 rings (SSSR count). The van der Waals surface area contributed by atoms with Gasteiger partial charge in [0, 0.05) is 18.3 Å². The molecule has 0 bridgehead atoms. The molecule has 1 heterocycles. The molecule has 1 N–H and O–H groups in total. The molecule has 1 aromatic rings. The third kappa shape index (κ3) is 2.75. The SMILES string of the molecule is COc1ccc(NC2CCOC3(CCC3)C2)cc1Br. The highest BCUT2D eigenvalue weighted by Gasteiger charge is 2.42. The van der Waals surface area contributed by atoms with Crippen LogP contribution in [0, 0.1) is 0 Å². The summed E-state index contributed by atoms with van der Waals surface area (Å²) in [4.78, 5) is 0. The lowest BCUT2D eigenvalue weighted by atomic mass is 9.74. The van der Waals surface area contributed by atoms with E-state index in [9.17, 15) is 0 Å². The Morgan fingerprint density at radius 2 is 2.26 bits per heavy atom. The van der Waals surface area contributed by atoms with Crippen LogP contribution in [0.2, 0.25) is 0 Å². The number of hydrogen-bond acceptors (Lipinski definition) is 3. The van der Waals surface area contributed by atoms with Gasteiger partial charge in [-0.15, -0.1) is 0 Å². The lowest BCUT2D eigenvalue weighted by Gasteiger charge is -2.47. The Morgan fingerprint density at radius 3 is 2.89 bits per heavy atom. The fraction of sp³-hybridized carbons (Fsp3) is 0.600. The summed E-state index contributed by atoms with van der Waals surface area (Å²) >= 11 is 3.53. The minimum Gasteiger partial charge on any atom is -0.496 e. The van der Waals surface area contributed by atoms with Gasteiger partial charge in [-0.05, 0) is 66.2 Å². The normalized spacial score (nSPS) is 24.8. The minimum absolute atomic E-state index is 0.194. The summed E-state index contributed by atoms with van der Waals surface area (Å²) in [6, 6.07) is 6.67. The van der Waals surface area contributed by atoms with E-state index >= 15 is 0 Å². The first-order chi connectivity index (χ1) is 9.21. The Labute approximate surface area is 122 Å². The van der Waals surface area contributed by atoms with Crippen molar-refractivity contribution >= 4 is 21.6 Å². The molecule has 3 nitrogen and oxygen atoms in total. The number of anilines is 1. The van der Waals surface area contributed by atoms with Gasteiger partial charge in [-0.2, -0.15) is 0 Å². The van der Waals surface area contributed by atoms with Crippen molar-refractivity contribution in [1.82, 2.24) is 0 Å². The van der Waals surface area contributed by atoms with E-state index in [1.165, 1.54) is 19.3 Å². The van der Waals surface area contributed by atoms with E-state index < -0.39 is 0 Å². The highest BCUT2D eigenvalue weighted by molar-refractivity contribution is 9.10. The van der Waals surface area contributed by atoms with E-state index in [0.29, 0.717) is 6.04 Å². The smallest absolute Gasteiger partial charge is 0.133 e. The van der Waals surface area contributed by atoms with Crippen LogP contribution in [0.5, 0.6) is 5.75 Å². The van der Waals surface area contributed by atoms with E-state index in [0.717, 1.165) is 35.4 Å². The van der Waals surface area contributed by atoms with Crippen molar-refractivity contribution in [1.29, 1.82) is 0 Å². The zero-order chi connectivity index (χ0) is 13.3. The maximum Gasteiger partial charge on any atom is 0.133 e. The average molecular weight is 326 g/mol. The Morgan fingerprint density at radius 1 is 1.42 bits per heavy atom. The van der Waals surface area contributed by atoms with E-state index in [4.69, 9.17) is 9.47 Å². The van der Waals surface area contributed by atoms with Crippen LogP contribution in [-0.4, -0.2) is 25.4 Å². The van der Waals surface area contributed by atoms with Crippen molar-refractivity contribution < 1.29 is 9.47 Å². The minimum atomic E-state index is 0.194. The standard InChI is InChI=1S/C15H20BrNO2/c1-18-14-4-3-11(9-13(14)16)17-12-5-8-19-15(10-12)6-2-7-15/h3-4,9,12,17H,2,5-8,10H2,1H3. The van der Waals surface area contributed by atoms with Gasteiger partial charge in [-0.25, -0.2) is 0 Å². The first kappa shape index (κ1) is 13.3. The van der Waals surface area contributed by atoms with Crippen molar-refractivity contribution in [3.63, 3.8) is 0 Å². The Hall–Kier alpha value is -0.740. The van der Waals surface area contributed by atoms with Gasteiger partial charge in [0.1, 0.15) is 5.75 Å². The Kier molecular flexibility index (Phi) is 3.72. The molecule has 4 heteroatoms. The van der Waals surface area contributed by atoms with Gasteiger partial charge in [0.05, 0.1) is 17.2 Å². The number of rotatable bonds is 3. The molecule has 104 valence electrons. The molecular formula is C15H20BrNO2. The summed E-state index contributed by atoms with van der Waals surface area (Å²) in [5.74, 6) is 0.869. The third-order valence-corrected chi connectivity index (χ3v) is 4.90. The van der Waals surface area contributed by atoms with Crippen molar-refractivity contribution in [3.8, 4) is 5.75 Å². The topological polar surface area (TPSA) is 30.5 Å². The third-order valence-electron chi connectivity index (χ3n) is 4.28. The molecule has 1 aliphatic carbocycles. The van der Waals surface area contributed by atoms with Gasteiger partial charge in [-0.3, -0.25) is 0 Å². The second-order valence-corrected chi connectivity index (χ2v) is 6.42. The van der Waals surface area contributed by atoms with Gasteiger partial charge in [0.25, 0.3) is 0 Å². The monoisotopic (exact) mass is 325 g/mol. The first-order valence-corrected chi connectivity index (χ1v) is 7.74. The highest BCUT2D eigenvalue weighted by Crippen LogP contribution is 2.43. The zero-order valence-corrected chi connectivity index (χ0v) is 12.8. The van der Waals surface area contributed by atoms with Crippen LogP contribution < -0.4 is 10.1 Å². The number of benzene rings is 1. The molecule has 2 aliphatic rings. The largest absolute Gasteiger partial charge is 0.496 e. The Bertz CT molecular complexity index is 459. The van der Waals surface area contributed by atoms with Gasteiger partial charge in [-0.1, -0.05) is 0 Å². The molecule has 2 fully saturated rings. The number of nitrogens with one attached hydrogen (secondary N) is 1. The molecule has 1 unspecified atom stereocenters. The van der Waals surface area contributed by atoms with Crippen LogP contribution in [0.15, 0.2) is 22.7 Å². The number of hydrogen-bond donors (Lipinski definition) is 1. The molecule has 1 saturated carbocycles. The fourth-order valence-corrected chi connectivity index (χ4v) is 3.60. The lowest BCUT2D eigenvalue weighted by molar-refractivity contribution is -0.130. The predicted molar refractivity (Wildman–Crippen MR) is 79.9 cm³/mol. The number of methoxy groups -OCH3 is 1.